The molecule has 0 spiro atoms. The number of aryl methyl sites for hydroxylation is 1. The third-order valence-corrected chi connectivity index (χ3v) is 2.40. The number of pyridine rings is 1. The number of hydrogen-bond acceptors (Lipinski definition) is 4. The molecule has 1 aromatic rings. The lowest BCUT2D eigenvalue weighted by atomic mass is 10.2. The number of halogens is 3. The minimum Gasteiger partial charge on any atom is -0.464 e. The fourth-order valence-electron chi connectivity index (χ4n) is 1.41. The van der Waals surface area contributed by atoms with Crippen molar-refractivity contribution in [2.24, 2.45) is 0 Å². The Balaban J connectivity index is 2.96. The van der Waals surface area contributed by atoms with E-state index >= 15 is 0 Å². The number of alkyl halides is 3. The average Bonchev–Trinajstić information content (AvgIpc) is 2.33. The average molecular weight is 273 g/mol. The van der Waals surface area contributed by atoms with Gasteiger partial charge >= 0.3 is 6.18 Å². The summed E-state index contributed by atoms with van der Waals surface area (Å²) in [4.78, 5) is 3.84. The molecule has 1 aromatic heterocycles. The lowest BCUT2D eigenvalue weighted by molar-refractivity contribution is -0.197. The molecule has 0 fully saturated rings. The highest BCUT2D eigenvalue weighted by Crippen LogP contribution is 2.28. The van der Waals surface area contributed by atoms with Gasteiger partial charge in [-0.3, -0.25) is 0 Å². The zero-order valence-corrected chi connectivity index (χ0v) is 10.6. The molecule has 19 heavy (non-hydrogen) atoms. The predicted octanol–water partition coefficient (Wildman–Crippen LogP) is 2.18. The number of nitrogens with zero attached hydrogens (tertiary/aromatic N) is 2. The summed E-state index contributed by atoms with van der Waals surface area (Å²) in [5, 5.41) is 11.5. The Kier molecular flexibility index (Phi) is 5.12. The highest BCUT2D eigenvalue weighted by molar-refractivity contribution is 5.38. The molecule has 0 saturated carbocycles. The second-order valence-corrected chi connectivity index (χ2v) is 3.96. The van der Waals surface area contributed by atoms with Gasteiger partial charge < -0.3 is 10.1 Å². The Morgan fingerprint density at radius 1 is 1.47 bits per heavy atom. The second-order valence-electron chi connectivity index (χ2n) is 3.96. The van der Waals surface area contributed by atoms with Crippen LogP contribution in [0.25, 0.3) is 0 Å². The second kappa shape index (κ2) is 6.38. The molecular weight excluding hydrogens is 259 g/mol. The molecule has 4 nitrogen and oxygen atoms in total. The van der Waals surface area contributed by atoms with Crippen molar-refractivity contribution in [3.63, 3.8) is 0 Å². The molecular formula is C12H14F3N3O. The van der Waals surface area contributed by atoms with E-state index in [2.05, 4.69) is 10.3 Å². The van der Waals surface area contributed by atoms with Crippen LogP contribution in [0.5, 0.6) is 5.88 Å². The molecule has 1 rings (SSSR count). The van der Waals surface area contributed by atoms with Gasteiger partial charge in [0.05, 0.1) is 0 Å². The summed E-state index contributed by atoms with van der Waals surface area (Å²) < 4.78 is 43.3. The van der Waals surface area contributed by atoms with Crippen LogP contribution in [-0.2, 0) is 0 Å². The number of nitriles is 1. The lowest BCUT2D eigenvalue weighted by Crippen LogP contribution is -2.37. The van der Waals surface area contributed by atoms with Crippen LogP contribution >= 0.6 is 0 Å². The van der Waals surface area contributed by atoms with E-state index in [1.54, 1.807) is 26.1 Å². The summed E-state index contributed by atoms with van der Waals surface area (Å²) in [7, 11) is 1.55. The van der Waals surface area contributed by atoms with Gasteiger partial charge in [0, 0.05) is 12.1 Å². The Morgan fingerprint density at radius 2 is 2.16 bits per heavy atom. The van der Waals surface area contributed by atoms with Crippen molar-refractivity contribution in [2.75, 3.05) is 13.6 Å². The third-order valence-electron chi connectivity index (χ3n) is 2.40. The maximum atomic E-state index is 12.8. The van der Waals surface area contributed by atoms with Crippen LogP contribution in [0.15, 0.2) is 12.1 Å². The normalized spacial score (nSPS) is 12.8. The molecule has 1 unspecified atom stereocenters. The van der Waals surface area contributed by atoms with E-state index in [4.69, 9.17) is 10.00 Å². The predicted molar refractivity (Wildman–Crippen MR) is 62.7 cm³/mol. The van der Waals surface area contributed by atoms with Gasteiger partial charge in [-0.05, 0) is 32.6 Å². The van der Waals surface area contributed by atoms with Gasteiger partial charge in [0.2, 0.25) is 5.88 Å². The molecule has 0 amide bonds. The molecule has 0 saturated heterocycles. The molecule has 0 radical (unpaired) electrons. The molecule has 7 heteroatoms. The highest BCUT2D eigenvalue weighted by Gasteiger charge is 2.41. The van der Waals surface area contributed by atoms with Crippen molar-refractivity contribution in [3.8, 4) is 11.9 Å². The first kappa shape index (κ1) is 15.2. The highest BCUT2D eigenvalue weighted by atomic mass is 19.4. The van der Waals surface area contributed by atoms with Gasteiger partial charge in [-0.1, -0.05) is 0 Å². The van der Waals surface area contributed by atoms with Crippen molar-refractivity contribution < 1.29 is 17.9 Å². The molecule has 0 aliphatic carbocycles. The van der Waals surface area contributed by atoms with E-state index < -0.39 is 12.3 Å². The van der Waals surface area contributed by atoms with Crippen LogP contribution in [0.2, 0.25) is 0 Å². The summed E-state index contributed by atoms with van der Waals surface area (Å²) in [5.41, 5.74) is 0.479. The zero-order valence-electron chi connectivity index (χ0n) is 10.6. The van der Waals surface area contributed by atoms with Crippen molar-refractivity contribution in [1.29, 1.82) is 5.26 Å². The standard InChI is InChI=1S/C12H14F3N3O/c1-8-3-4-9(7-16)11(18-8)19-10(5-6-17-2)12(13,14)15/h3-4,10,17H,5-6H2,1-2H3. The first-order chi connectivity index (χ1) is 8.88. The quantitative estimate of drug-likeness (QED) is 0.893. The third kappa shape index (κ3) is 4.41. The summed E-state index contributed by atoms with van der Waals surface area (Å²) in [6, 6.07) is 4.70. The van der Waals surface area contributed by atoms with E-state index in [9.17, 15) is 13.2 Å². The molecule has 0 aliphatic rings. The Labute approximate surface area is 109 Å². The van der Waals surface area contributed by atoms with E-state index in [1.165, 1.54) is 6.07 Å². The van der Waals surface area contributed by atoms with Crippen LogP contribution in [0.4, 0.5) is 13.2 Å². The van der Waals surface area contributed by atoms with E-state index in [0.717, 1.165) is 0 Å². The SMILES string of the molecule is CNCCC(Oc1nc(C)ccc1C#N)C(F)(F)F. The summed E-state index contributed by atoms with van der Waals surface area (Å²) in [6.45, 7) is 1.77. The van der Waals surface area contributed by atoms with Gasteiger partial charge in [-0.2, -0.15) is 18.4 Å². The smallest absolute Gasteiger partial charge is 0.425 e. The summed E-state index contributed by atoms with van der Waals surface area (Å²) >= 11 is 0. The number of ether oxygens (including phenoxy) is 1. The maximum Gasteiger partial charge on any atom is 0.425 e. The van der Waals surface area contributed by atoms with Crippen molar-refractivity contribution in [2.45, 2.75) is 25.6 Å². The van der Waals surface area contributed by atoms with Gasteiger partial charge in [-0.25, -0.2) is 4.98 Å². The zero-order chi connectivity index (χ0) is 14.5. The van der Waals surface area contributed by atoms with Crippen molar-refractivity contribution in [1.82, 2.24) is 10.3 Å². The van der Waals surface area contributed by atoms with Crippen LogP contribution < -0.4 is 10.1 Å². The summed E-state index contributed by atoms with van der Waals surface area (Å²) in [6.07, 6.45) is -6.74. The fourth-order valence-corrected chi connectivity index (χ4v) is 1.41. The molecule has 1 atom stereocenters. The van der Waals surface area contributed by atoms with E-state index in [1.807, 2.05) is 0 Å². The van der Waals surface area contributed by atoms with Gasteiger partial charge in [0.1, 0.15) is 11.6 Å². The summed E-state index contributed by atoms with van der Waals surface area (Å²) in [5.74, 6) is -0.277. The molecule has 104 valence electrons. The Morgan fingerprint density at radius 3 is 2.68 bits per heavy atom. The molecule has 0 aliphatic heterocycles. The number of rotatable bonds is 5. The first-order valence-electron chi connectivity index (χ1n) is 5.64. The largest absolute Gasteiger partial charge is 0.464 e. The van der Waals surface area contributed by atoms with E-state index in [0.29, 0.717) is 5.69 Å². The van der Waals surface area contributed by atoms with Gasteiger partial charge in [-0.15, -0.1) is 0 Å². The maximum absolute atomic E-state index is 12.8. The Bertz CT molecular complexity index is 468. The van der Waals surface area contributed by atoms with Crippen molar-refractivity contribution in [3.05, 3.63) is 23.4 Å². The van der Waals surface area contributed by atoms with Crippen LogP contribution in [0.1, 0.15) is 17.7 Å². The monoisotopic (exact) mass is 273 g/mol. The molecule has 0 bridgehead atoms. The topological polar surface area (TPSA) is 57.9 Å². The molecule has 1 N–H and O–H groups in total. The van der Waals surface area contributed by atoms with Crippen LogP contribution in [-0.4, -0.2) is 30.9 Å². The number of hydrogen-bond donors (Lipinski definition) is 1. The van der Waals surface area contributed by atoms with E-state index in [-0.39, 0.29) is 24.4 Å². The van der Waals surface area contributed by atoms with Crippen LogP contribution in [0, 0.1) is 18.3 Å². The minimum absolute atomic E-state index is 0.00990. The van der Waals surface area contributed by atoms with Gasteiger partial charge in [0.25, 0.3) is 0 Å². The first-order valence-corrected chi connectivity index (χ1v) is 5.64. The lowest BCUT2D eigenvalue weighted by Gasteiger charge is -2.21. The number of aromatic nitrogens is 1. The van der Waals surface area contributed by atoms with Gasteiger partial charge in [0.15, 0.2) is 6.10 Å². The molecule has 1 heterocycles. The fraction of sp³-hybridized carbons (Fsp3) is 0.500. The van der Waals surface area contributed by atoms with Crippen molar-refractivity contribution >= 4 is 0 Å². The van der Waals surface area contributed by atoms with Crippen LogP contribution in [0.3, 0.4) is 0 Å². The Hall–Kier alpha value is -1.81. The number of nitrogens with one attached hydrogen (secondary N) is 1. The minimum atomic E-state index is -4.50. The molecule has 0 aromatic carbocycles.